The summed E-state index contributed by atoms with van der Waals surface area (Å²) in [6, 6.07) is 0. The van der Waals surface area contributed by atoms with Crippen LogP contribution in [0.1, 0.15) is 10.6 Å². The highest BCUT2D eigenvalue weighted by molar-refractivity contribution is 7.14. The number of alkyl halides is 3. The van der Waals surface area contributed by atoms with Gasteiger partial charge >= 0.3 is 6.18 Å². The quantitative estimate of drug-likeness (QED) is 0.775. The molecule has 0 aliphatic heterocycles. The molecule has 0 saturated heterocycles. The van der Waals surface area contributed by atoms with E-state index < -0.39 is 11.9 Å². The van der Waals surface area contributed by atoms with Crippen LogP contribution in [-0.2, 0) is 13.2 Å². The molecule has 0 aliphatic rings. The topological polar surface area (TPSA) is 30.7 Å². The third kappa shape index (κ3) is 1.82. The van der Waals surface area contributed by atoms with Crippen molar-refractivity contribution in [3.05, 3.63) is 23.0 Å². The first-order valence-electron chi connectivity index (χ1n) is 4.41. The van der Waals surface area contributed by atoms with Gasteiger partial charge in [0.05, 0.1) is 11.8 Å². The summed E-state index contributed by atoms with van der Waals surface area (Å²) in [5, 5.41) is 3.98. The van der Waals surface area contributed by atoms with E-state index in [1.54, 1.807) is 13.1 Å². The lowest BCUT2D eigenvalue weighted by molar-refractivity contribution is -0.143. The Morgan fingerprint density at radius 2 is 2.00 bits per heavy atom. The highest BCUT2D eigenvalue weighted by atomic mass is 32.1. The summed E-state index contributed by atoms with van der Waals surface area (Å²) in [6.45, 7) is 1.80. The number of nitrogens with zero attached hydrogens (tertiary/aromatic N) is 3. The van der Waals surface area contributed by atoms with Gasteiger partial charge in [0.1, 0.15) is 5.01 Å². The largest absolute Gasteiger partial charge is 0.433 e. The summed E-state index contributed by atoms with van der Waals surface area (Å²) in [5.74, 6) is 0. The average molecular weight is 247 g/mol. The Hall–Kier alpha value is -1.37. The Balaban J connectivity index is 2.58. The van der Waals surface area contributed by atoms with Gasteiger partial charge in [-0.15, -0.1) is 11.3 Å². The van der Waals surface area contributed by atoms with Crippen molar-refractivity contribution in [2.75, 3.05) is 0 Å². The minimum atomic E-state index is -4.42. The molecule has 2 rings (SSSR count). The molecule has 3 nitrogen and oxygen atoms in total. The molecule has 0 N–H and O–H groups in total. The summed E-state index contributed by atoms with van der Waals surface area (Å²) in [5.41, 5.74) is -0.727. The van der Waals surface area contributed by atoms with Gasteiger partial charge in [0, 0.05) is 18.1 Å². The smallest absolute Gasteiger partial charge is 0.263 e. The van der Waals surface area contributed by atoms with Gasteiger partial charge in [0.25, 0.3) is 0 Å². The maximum Gasteiger partial charge on any atom is 0.433 e. The average Bonchev–Trinajstić information content (AvgIpc) is 2.70. The molecule has 2 aromatic rings. The molecule has 0 fully saturated rings. The molecule has 0 spiro atoms. The van der Waals surface area contributed by atoms with Crippen LogP contribution in [0.4, 0.5) is 13.2 Å². The normalized spacial score (nSPS) is 12.1. The molecule has 2 aromatic heterocycles. The van der Waals surface area contributed by atoms with Crippen molar-refractivity contribution >= 4 is 11.3 Å². The van der Waals surface area contributed by atoms with Crippen LogP contribution in [0.25, 0.3) is 10.6 Å². The fourth-order valence-electron chi connectivity index (χ4n) is 1.41. The predicted molar refractivity (Wildman–Crippen MR) is 54.1 cm³/mol. The first-order valence-corrected chi connectivity index (χ1v) is 5.23. The minimum Gasteiger partial charge on any atom is -0.263 e. The minimum absolute atomic E-state index is 0.0353. The van der Waals surface area contributed by atoms with Gasteiger partial charge in [-0.05, 0) is 6.92 Å². The zero-order valence-electron chi connectivity index (χ0n) is 8.54. The van der Waals surface area contributed by atoms with Gasteiger partial charge in [-0.1, -0.05) is 0 Å². The van der Waals surface area contributed by atoms with E-state index in [4.69, 9.17) is 0 Å². The molecule has 0 bridgehead atoms. The molecular weight excluding hydrogens is 239 g/mol. The fraction of sp³-hybridized carbons (Fsp3) is 0.333. The van der Waals surface area contributed by atoms with Gasteiger partial charge in [-0.3, -0.25) is 4.68 Å². The molecule has 2 heterocycles. The van der Waals surface area contributed by atoms with E-state index in [-0.39, 0.29) is 5.56 Å². The summed E-state index contributed by atoms with van der Waals surface area (Å²) in [7, 11) is 1.27. The molecule has 7 heteroatoms. The van der Waals surface area contributed by atoms with Crippen molar-refractivity contribution in [3.8, 4) is 10.6 Å². The molecular formula is C9H8F3N3S. The van der Waals surface area contributed by atoms with Gasteiger partial charge in [-0.2, -0.15) is 18.3 Å². The van der Waals surface area contributed by atoms with Crippen LogP contribution in [0.5, 0.6) is 0 Å². The summed E-state index contributed by atoms with van der Waals surface area (Å²) in [6.07, 6.45) is -1.67. The highest BCUT2D eigenvalue weighted by Gasteiger charge is 2.38. The first-order chi connectivity index (χ1) is 7.39. The second-order valence-electron chi connectivity index (χ2n) is 3.30. The van der Waals surface area contributed by atoms with Crippen molar-refractivity contribution in [1.29, 1.82) is 0 Å². The molecule has 0 aromatic carbocycles. The van der Waals surface area contributed by atoms with Crippen molar-refractivity contribution in [3.63, 3.8) is 0 Å². The Bertz CT molecular complexity index is 512. The highest BCUT2D eigenvalue weighted by Crippen LogP contribution is 2.37. The van der Waals surface area contributed by atoms with Crippen molar-refractivity contribution in [2.45, 2.75) is 13.1 Å². The summed E-state index contributed by atoms with van der Waals surface area (Å²) in [4.78, 5) is 4.81. The number of aromatic nitrogens is 3. The lowest BCUT2D eigenvalue weighted by atomic mass is 10.2. The Kier molecular flexibility index (Phi) is 2.49. The van der Waals surface area contributed by atoms with Gasteiger partial charge < -0.3 is 0 Å². The van der Waals surface area contributed by atoms with Crippen LogP contribution in [0.3, 0.4) is 0 Å². The molecule has 0 saturated carbocycles. The molecule has 0 amide bonds. The lowest BCUT2D eigenvalue weighted by Gasteiger charge is -2.08. The summed E-state index contributed by atoms with van der Waals surface area (Å²) < 4.78 is 39.1. The maximum absolute atomic E-state index is 12.8. The second kappa shape index (κ2) is 3.58. The van der Waals surface area contributed by atoms with Crippen LogP contribution in [0.15, 0.2) is 12.4 Å². The number of thiazole rings is 1. The number of aryl methyl sites for hydroxylation is 2. The van der Waals surface area contributed by atoms with E-state index in [0.29, 0.717) is 5.01 Å². The first kappa shape index (κ1) is 11.1. The van der Waals surface area contributed by atoms with Gasteiger partial charge in [-0.25, -0.2) is 4.98 Å². The fourth-order valence-corrected chi connectivity index (χ4v) is 2.18. The lowest BCUT2D eigenvalue weighted by Crippen LogP contribution is -2.12. The van der Waals surface area contributed by atoms with E-state index in [1.807, 2.05) is 0 Å². The van der Waals surface area contributed by atoms with Crippen LogP contribution in [0, 0.1) is 6.92 Å². The van der Waals surface area contributed by atoms with E-state index in [9.17, 15) is 13.2 Å². The third-order valence-corrected chi connectivity index (χ3v) is 3.01. The van der Waals surface area contributed by atoms with Crippen molar-refractivity contribution in [2.24, 2.45) is 7.05 Å². The second-order valence-corrected chi connectivity index (χ2v) is 4.54. The number of rotatable bonds is 1. The third-order valence-electron chi connectivity index (χ3n) is 2.06. The maximum atomic E-state index is 12.8. The number of hydrogen-bond acceptors (Lipinski definition) is 3. The van der Waals surface area contributed by atoms with E-state index >= 15 is 0 Å². The molecule has 16 heavy (non-hydrogen) atoms. The van der Waals surface area contributed by atoms with Crippen LogP contribution < -0.4 is 0 Å². The molecule has 0 unspecified atom stereocenters. The molecule has 0 aliphatic carbocycles. The standard InChI is InChI=1S/C9H8F3N3S/c1-5-3-13-8(16-5)6-4-14-15(2)7(6)9(10,11)12/h3-4H,1-2H3. The molecule has 86 valence electrons. The molecule has 0 atom stereocenters. The van der Waals surface area contributed by atoms with E-state index in [1.165, 1.54) is 24.6 Å². The van der Waals surface area contributed by atoms with Crippen LogP contribution in [-0.4, -0.2) is 14.8 Å². The monoisotopic (exact) mass is 247 g/mol. The van der Waals surface area contributed by atoms with Crippen LogP contribution in [0.2, 0.25) is 0 Å². The molecule has 0 radical (unpaired) electrons. The van der Waals surface area contributed by atoms with Crippen LogP contribution >= 0.6 is 11.3 Å². The van der Waals surface area contributed by atoms with Gasteiger partial charge in [0.15, 0.2) is 5.69 Å². The zero-order valence-corrected chi connectivity index (χ0v) is 9.35. The number of hydrogen-bond donors (Lipinski definition) is 0. The number of halogens is 3. The summed E-state index contributed by atoms with van der Waals surface area (Å²) >= 11 is 1.22. The van der Waals surface area contributed by atoms with Gasteiger partial charge in [0.2, 0.25) is 0 Å². The van der Waals surface area contributed by atoms with Crippen molar-refractivity contribution in [1.82, 2.24) is 14.8 Å². The Labute approximate surface area is 93.5 Å². The predicted octanol–water partition coefficient (Wildman–Crippen LogP) is 2.87. The van der Waals surface area contributed by atoms with E-state index in [0.717, 1.165) is 9.56 Å². The Morgan fingerprint density at radius 1 is 1.31 bits per heavy atom. The Morgan fingerprint density at radius 3 is 2.50 bits per heavy atom. The SMILES string of the molecule is Cc1cnc(-c2cnn(C)c2C(F)(F)F)s1. The van der Waals surface area contributed by atoms with Crippen molar-refractivity contribution < 1.29 is 13.2 Å². The van der Waals surface area contributed by atoms with E-state index in [2.05, 4.69) is 10.1 Å². The zero-order chi connectivity index (χ0) is 11.9.